The van der Waals surface area contributed by atoms with Crippen molar-refractivity contribution < 1.29 is 9.31 Å². The Kier molecular flexibility index (Phi) is 7.54. The van der Waals surface area contributed by atoms with E-state index in [4.69, 9.17) is 4.74 Å². The van der Waals surface area contributed by atoms with E-state index in [1.165, 1.54) is 45.1 Å². The zero-order valence-electron chi connectivity index (χ0n) is 26.9. The molecule has 3 nitrogen and oxygen atoms in total. The Hall–Kier alpha value is -4.11. The molecule has 220 valence electrons. The highest BCUT2D eigenvalue weighted by Crippen LogP contribution is 2.48. The first kappa shape index (κ1) is 29.0. The number of ether oxygens (including phenoxy) is 1. The highest BCUT2D eigenvalue weighted by atomic mass is 16.5. The fourth-order valence-electron chi connectivity index (χ4n) is 7.26. The van der Waals surface area contributed by atoms with Crippen molar-refractivity contribution in [2.24, 2.45) is 0 Å². The van der Waals surface area contributed by atoms with E-state index in [0.717, 1.165) is 43.0 Å². The SMILES string of the molecule is CCN1/C(=C/C=C2\CCC(/C=C/C3=[N+](CC)c4ccccc4C3(C)C)=C2Oc2ccccc2C)C(C)(C)c2ccccc21. The van der Waals surface area contributed by atoms with Crippen molar-refractivity contribution in [1.82, 2.24) is 0 Å². The number of nitrogens with zero attached hydrogens (tertiary/aromatic N) is 2. The van der Waals surface area contributed by atoms with Crippen molar-refractivity contribution in [2.45, 2.75) is 72.1 Å². The lowest BCUT2D eigenvalue weighted by molar-refractivity contribution is -0.433. The molecule has 0 unspecified atom stereocenters. The number of hydrogen-bond acceptors (Lipinski definition) is 2. The Morgan fingerprint density at radius 3 is 2.23 bits per heavy atom. The van der Waals surface area contributed by atoms with Gasteiger partial charge >= 0.3 is 0 Å². The Bertz CT molecular complexity index is 1730. The molecule has 2 heterocycles. The average molecular weight is 570 g/mol. The number of likely N-dealkylation sites (N-methyl/N-ethyl adjacent to an activating group) is 1. The maximum atomic E-state index is 6.79. The third-order valence-corrected chi connectivity index (χ3v) is 9.67. The van der Waals surface area contributed by atoms with Crippen molar-refractivity contribution in [2.75, 3.05) is 18.0 Å². The van der Waals surface area contributed by atoms with Crippen molar-refractivity contribution in [3.05, 3.63) is 136 Å². The zero-order chi connectivity index (χ0) is 30.4. The van der Waals surface area contributed by atoms with Gasteiger partial charge in [-0.1, -0.05) is 74.5 Å². The average Bonchev–Trinajstić information content (AvgIpc) is 3.56. The number of fused-ring (bicyclic) bond motifs is 2. The highest BCUT2D eigenvalue weighted by Gasteiger charge is 2.43. The van der Waals surface area contributed by atoms with Crippen LogP contribution in [-0.4, -0.2) is 23.4 Å². The number of benzene rings is 3. The zero-order valence-corrected chi connectivity index (χ0v) is 26.9. The van der Waals surface area contributed by atoms with Crippen LogP contribution in [0.2, 0.25) is 0 Å². The van der Waals surface area contributed by atoms with E-state index >= 15 is 0 Å². The summed E-state index contributed by atoms with van der Waals surface area (Å²) in [7, 11) is 0. The minimum atomic E-state index is -0.0605. The molecule has 0 saturated heterocycles. The van der Waals surface area contributed by atoms with Gasteiger partial charge in [0, 0.05) is 41.1 Å². The molecule has 0 fully saturated rings. The molecule has 3 aromatic carbocycles. The van der Waals surface area contributed by atoms with Gasteiger partial charge < -0.3 is 9.64 Å². The standard InChI is InChI=1S/C40H45N2O/c1-8-41-33-19-13-11-17-31(33)39(4,5)36(41)26-24-29-22-23-30(38(29)43-35-21-15-10-16-28(35)3)25-27-37-40(6,7)32-18-12-14-20-34(32)42(37)9-2/h10-21,24-27H,8-9,22-23H2,1-7H3/q+1. The Balaban J connectivity index is 1.42. The maximum Gasteiger partial charge on any atom is 0.209 e. The van der Waals surface area contributed by atoms with Gasteiger partial charge in [-0.05, 0) is 94.0 Å². The van der Waals surface area contributed by atoms with Crippen LogP contribution >= 0.6 is 0 Å². The topological polar surface area (TPSA) is 15.5 Å². The van der Waals surface area contributed by atoms with Crippen LogP contribution in [0.4, 0.5) is 11.4 Å². The molecule has 1 aliphatic carbocycles. The van der Waals surface area contributed by atoms with Gasteiger partial charge in [0.2, 0.25) is 5.69 Å². The van der Waals surface area contributed by atoms with Crippen molar-refractivity contribution in [3.63, 3.8) is 0 Å². The molecular weight excluding hydrogens is 524 g/mol. The maximum absolute atomic E-state index is 6.79. The van der Waals surface area contributed by atoms with Crippen molar-refractivity contribution in [1.29, 1.82) is 0 Å². The van der Waals surface area contributed by atoms with Gasteiger partial charge in [0.1, 0.15) is 18.1 Å². The van der Waals surface area contributed by atoms with E-state index in [9.17, 15) is 0 Å². The molecule has 0 amide bonds. The Morgan fingerprint density at radius 2 is 1.49 bits per heavy atom. The third-order valence-electron chi connectivity index (χ3n) is 9.67. The largest absolute Gasteiger partial charge is 0.457 e. The lowest BCUT2D eigenvalue weighted by Gasteiger charge is -2.26. The van der Waals surface area contributed by atoms with Gasteiger partial charge in [-0.15, -0.1) is 0 Å². The van der Waals surface area contributed by atoms with Crippen LogP contribution in [0.5, 0.6) is 5.75 Å². The summed E-state index contributed by atoms with van der Waals surface area (Å²) in [6, 6.07) is 26.0. The molecule has 43 heavy (non-hydrogen) atoms. The summed E-state index contributed by atoms with van der Waals surface area (Å²) >= 11 is 0. The van der Waals surface area contributed by atoms with Gasteiger partial charge in [0.15, 0.2) is 5.71 Å². The molecule has 0 aromatic heterocycles. The normalized spacial score (nSPS) is 20.6. The van der Waals surface area contributed by atoms with E-state index in [1.54, 1.807) is 0 Å². The molecule has 0 saturated carbocycles. The summed E-state index contributed by atoms with van der Waals surface area (Å²) < 4.78 is 9.25. The van der Waals surface area contributed by atoms with Gasteiger partial charge in [0.25, 0.3) is 0 Å². The minimum absolute atomic E-state index is 0.0605. The van der Waals surface area contributed by atoms with Gasteiger partial charge in [0.05, 0.1) is 5.41 Å². The van der Waals surface area contributed by atoms with Crippen LogP contribution in [0.3, 0.4) is 0 Å². The fourth-order valence-corrected chi connectivity index (χ4v) is 7.26. The van der Waals surface area contributed by atoms with Gasteiger partial charge in [-0.3, -0.25) is 0 Å². The Labute approximate surface area is 258 Å². The number of anilines is 1. The molecule has 2 aliphatic heterocycles. The predicted molar refractivity (Wildman–Crippen MR) is 181 cm³/mol. The first-order valence-electron chi connectivity index (χ1n) is 15.9. The monoisotopic (exact) mass is 569 g/mol. The van der Waals surface area contributed by atoms with Crippen LogP contribution in [-0.2, 0) is 10.8 Å². The van der Waals surface area contributed by atoms with E-state index in [2.05, 4.69) is 155 Å². The lowest BCUT2D eigenvalue weighted by Crippen LogP contribution is -2.27. The second-order valence-electron chi connectivity index (χ2n) is 13.0. The second-order valence-corrected chi connectivity index (χ2v) is 13.0. The summed E-state index contributed by atoms with van der Waals surface area (Å²) in [6.07, 6.45) is 11.2. The molecule has 3 aromatic rings. The fraction of sp³-hybridized carbons (Fsp3) is 0.325. The number of allylic oxidation sites excluding steroid dienone is 7. The quantitative estimate of drug-likeness (QED) is 0.263. The molecule has 0 atom stereocenters. The summed E-state index contributed by atoms with van der Waals surface area (Å²) in [5.41, 5.74) is 11.6. The first-order valence-corrected chi connectivity index (χ1v) is 15.9. The Morgan fingerprint density at radius 1 is 0.791 bits per heavy atom. The predicted octanol–water partition coefficient (Wildman–Crippen LogP) is 9.70. The summed E-state index contributed by atoms with van der Waals surface area (Å²) in [6.45, 7) is 17.8. The van der Waals surface area contributed by atoms with Crippen LogP contribution in [0.25, 0.3) is 0 Å². The summed E-state index contributed by atoms with van der Waals surface area (Å²) in [5, 5.41) is 0. The third kappa shape index (κ3) is 4.89. The van der Waals surface area contributed by atoms with Crippen LogP contribution in [0.15, 0.2) is 120 Å². The molecule has 3 aliphatic rings. The number of hydrogen-bond donors (Lipinski definition) is 0. The van der Waals surface area contributed by atoms with Crippen LogP contribution in [0.1, 0.15) is 71.1 Å². The van der Waals surface area contributed by atoms with Crippen LogP contribution < -0.4 is 9.64 Å². The lowest BCUT2D eigenvalue weighted by atomic mass is 9.81. The van der Waals surface area contributed by atoms with Gasteiger partial charge in [-0.25, -0.2) is 0 Å². The first-order chi connectivity index (χ1) is 20.7. The van der Waals surface area contributed by atoms with E-state index in [-0.39, 0.29) is 10.8 Å². The smallest absolute Gasteiger partial charge is 0.209 e. The van der Waals surface area contributed by atoms with Crippen molar-refractivity contribution >= 4 is 17.1 Å². The van der Waals surface area contributed by atoms with Gasteiger partial charge in [-0.2, -0.15) is 4.58 Å². The number of para-hydroxylation sites is 3. The van der Waals surface area contributed by atoms with E-state index in [1.807, 2.05) is 0 Å². The molecule has 3 heteroatoms. The molecule has 0 bridgehead atoms. The molecule has 0 radical (unpaired) electrons. The van der Waals surface area contributed by atoms with Crippen LogP contribution in [0, 0.1) is 6.92 Å². The molecule has 0 N–H and O–H groups in total. The minimum Gasteiger partial charge on any atom is -0.457 e. The highest BCUT2D eigenvalue weighted by molar-refractivity contribution is 6.03. The second kappa shape index (κ2) is 11.2. The summed E-state index contributed by atoms with van der Waals surface area (Å²) in [5.74, 6) is 1.92. The summed E-state index contributed by atoms with van der Waals surface area (Å²) in [4.78, 5) is 2.46. The van der Waals surface area contributed by atoms with Crippen molar-refractivity contribution in [3.8, 4) is 5.75 Å². The molecular formula is C40H45N2O+. The van der Waals surface area contributed by atoms with E-state index < -0.39 is 0 Å². The number of rotatable bonds is 7. The number of aryl methyl sites for hydroxylation is 1. The molecule has 0 spiro atoms. The molecule has 6 rings (SSSR count). The van der Waals surface area contributed by atoms with E-state index in [0.29, 0.717) is 0 Å².